The van der Waals surface area contributed by atoms with Crippen molar-refractivity contribution in [1.29, 1.82) is 0 Å². The van der Waals surface area contributed by atoms with Crippen molar-refractivity contribution in [2.24, 2.45) is 0 Å². The first kappa shape index (κ1) is 23.2. The Hall–Kier alpha value is -3.58. The molecule has 0 bridgehead atoms. The van der Waals surface area contributed by atoms with Gasteiger partial charge in [-0.05, 0) is 24.6 Å². The molecule has 184 valence electrons. The number of nitrogen functional groups attached to an aromatic ring is 1. The zero-order chi connectivity index (χ0) is 24.7. The number of carbonyl (C=O) groups is 1. The minimum Gasteiger partial charge on any atom is -0.467 e. The van der Waals surface area contributed by atoms with Crippen molar-refractivity contribution >= 4 is 22.6 Å². The Labute approximate surface area is 197 Å². The fourth-order valence-electron chi connectivity index (χ4n) is 4.25. The molecule has 1 amide bonds. The molecule has 0 spiro atoms. The van der Waals surface area contributed by atoms with Gasteiger partial charge in [-0.3, -0.25) is 4.79 Å². The Bertz CT molecular complexity index is 1270. The van der Waals surface area contributed by atoms with E-state index in [2.05, 4.69) is 24.9 Å². The topological polar surface area (TPSA) is 126 Å². The standard InChI is InChI=1S/C22H21F3N6O4/c1-11-6-33-9-18(15-2-3-19(30-29-15)35-10-22(23,24)25)31(11)21(32)16-4-12-13-7-34-8-14(13)20(26)28-17(12)5-27-16/h2-5,11,18H,6-10H2,1H3,(H2,26,28)/t11-,18-/m1/s1. The quantitative estimate of drug-likeness (QED) is 0.587. The molecule has 5 rings (SSSR count). The van der Waals surface area contributed by atoms with Gasteiger partial charge in [-0.2, -0.15) is 13.2 Å². The highest BCUT2D eigenvalue weighted by atomic mass is 19.4. The lowest BCUT2D eigenvalue weighted by atomic mass is 10.0. The molecule has 0 aromatic carbocycles. The van der Waals surface area contributed by atoms with Gasteiger partial charge in [0.05, 0.1) is 55.9 Å². The molecule has 2 aliphatic rings. The number of hydrogen-bond donors (Lipinski definition) is 1. The molecule has 35 heavy (non-hydrogen) atoms. The van der Waals surface area contributed by atoms with Crippen LogP contribution in [-0.2, 0) is 22.7 Å². The average molecular weight is 490 g/mol. The van der Waals surface area contributed by atoms with E-state index in [1.807, 2.05) is 6.92 Å². The molecular weight excluding hydrogens is 469 g/mol. The van der Waals surface area contributed by atoms with Gasteiger partial charge in [0.2, 0.25) is 5.88 Å². The largest absolute Gasteiger partial charge is 0.467 e. The van der Waals surface area contributed by atoms with E-state index in [0.29, 0.717) is 36.8 Å². The summed E-state index contributed by atoms with van der Waals surface area (Å²) in [6, 6.07) is 3.49. The van der Waals surface area contributed by atoms with Crippen LogP contribution in [0.3, 0.4) is 0 Å². The van der Waals surface area contributed by atoms with E-state index in [-0.39, 0.29) is 30.1 Å². The van der Waals surface area contributed by atoms with Crippen molar-refractivity contribution < 1.29 is 32.2 Å². The molecule has 3 aromatic heterocycles. The van der Waals surface area contributed by atoms with E-state index in [1.54, 1.807) is 11.0 Å². The maximum Gasteiger partial charge on any atom is 0.422 e. The smallest absolute Gasteiger partial charge is 0.422 e. The molecule has 10 nitrogen and oxygen atoms in total. The number of morpholine rings is 1. The van der Waals surface area contributed by atoms with Crippen LogP contribution < -0.4 is 10.5 Å². The van der Waals surface area contributed by atoms with Crippen molar-refractivity contribution in [2.75, 3.05) is 25.6 Å². The van der Waals surface area contributed by atoms with Gasteiger partial charge in [0, 0.05) is 17.0 Å². The van der Waals surface area contributed by atoms with Crippen LogP contribution in [0.15, 0.2) is 24.4 Å². The number of rotatable bonds is 4. The lowest BCUT2D eigenvalue weighted by Crippen LogP contribution is -2.49. The summed E-state index contributed by atoms with van der Waals surface area (Å²) in [5.74, 6) is -0.238. The van der Waals surface area contributed by atoms with Gasteiger partial charge in [-0.25, -0.2) is 9.97 Å². The predicted molar refractivity (Wildman–Crippen MR) is 115 cm³/mol. The summed E-state index contributed by atoms with van der Waals surface area (Å²) < 4.78 is 52.9. The van der Waals surface area contributed by atoms with Crippen LogP contribution in [0.5, 0.6) is 5.88 Å². The number of nitrogens with two attached hydrogens (primary N) is 1. The van der Waals surface area contributed by atoms with Gasteiger partial charge in [0.15, 0.2) is 6.61 Å². The summed E-state index contributed by atoms with van der Waals surface area (Å²) in [7, 11) is 0. The van der Waals surface area contributed by atoms with Gasteiger partial charge in [0.1, 0.15) is 11.5 Å². The molecule has 1 saturated heterocycles. The summed E-state index contributed by atoms with van der Waals surface area (Å²) in [6.07, 6.45) is -2.99. The number of alkyl halides is 3. The first-order valence-electron chi connectivity index (χ1n) is 10.8. The Balaban J connectivity index is 1.44. The van der Waals surface area contributed by atoms with Crippen LogP contribution in [0.4, 0.5) is 19.0 Å². The number of fused-ring (bicyclic) bond motifs is 3. The summed E-state index contributed by atoms with van der Waals surface area (Å²) in [6.45, 7) is 1.52. The Morgan fingerprint density at radius 3 is 2.74 bits per heavy atom. The number of carbonyl (C=O) groups excluding carboxylic acids is 1. The number of hydrogen-bond acceptors (Lipinski definition) is 9. The van der Waals surface area contributed by atoms with Gasteiger partial charge in [-0.1, -0.05) is 0 Å². The van der Waals surface area contributed by atoms with Crippen LogP contribution in [-0.4, -0.2) is 63.0 Å². The number of anilines is 1. The molecule has 0 aliphatic carbocycles. The lowest BCUT2D eigenvalue weighted by Gasteiger charge is -2.39. The molecule has 0 radical (unpaired) electrons. The predicted octanol–water partition coefficient (Wildman–Crippen LogP) is 2.58. The van der Waals surface area contributed by atoms with Crippen LogP contribution in [0.25, 0.3) is 10.9 Å². The van der Waals surface area contributed by atoms with Crippen LogP contribution in [0.1, 0.15) is 40.3 Å². The van der Waals surface area contributed by atoms with E-state index in [9.17, 15) is 18.0 Å². The SMILES string of the molecule is C[C@@H]1COC[C@H](c2ccc(OCC(F)(F)F)nn2)N1C(=O)c1cc2c3c(c(N)nc2cn1)COC3. The molecular formula is C22H21F3N6O4. The van der Waals surface area contributed by atoms with E-state index >= 15 is 0 Å². The number of halogens is 3. The zero-order valence-corrected chi connectivity index (χ0v) is 18.6. The summed E-state index contributed by atoms with van der Waals surface area (Å²) in [4.78, 5) is 23.9. The van der Waals surface area contributed by atoms with E-state index in [4.69, 9.17) is 15.2 Å². The normalized spacial score (nSPS) is 20.2. The molecule has 2 aliphatic heterocycles. The fourth-order valence-corrected chi connectivity index (χ4v) is 4.25. The third-order valence-corrected chi connectivity index (χ3v) is 5.90. The highest BCUT2D eigenvalue weighted by molar-refractivity contribution is 5.97. The maximum absolute atomic E-state index is 13.6. The highest BCUT2D eigenvalue weighted by Crippen LogP contribution is 2.33. The maximum atomic E-state index is 13.6. The van der Waals surface area contributed by atoms with Crippen molar-refractivity contribution in [3.63, 3.8) is 0 Å². The second-order valence-electron chi connectivity index (χ2n) is 8.35. The van der Waals surface area contributed by atoms with Gasteiger partial charge >= 0.3 is 6.18 Å². The van der Waals surface area contributed by atoms with Crippen LogP contribution >= 0.6 is 0 Å². The minimum absolute atomic E-state index is 0.141. The summed E-state index contributed by atoms with van der Waals surface area (Å²) in [5, 5.41) is 8.46. The summed E-state index contributed by atoms with van der Waals surface area (Å²) in [5.41, 5.74) is 8.84. The van der Waals surface area contributed by atoms with Crippen molar-refractivity contribution in [3.8, 4) is 5.88 Å². The molecule has 13 heteroatoms. The second-order valence-corrected chi connectivity index (χ2v) is 8.35. The first-order chi connectivity index (χ1) is 16.7. The van der Waals surface area contributed by atoms with Crippen molar-refractivity contribution in [1.82, 2.24) is 25.1 Å². The average Bonchev–Trinajstić information content (AvgIpc) is 3.33. The van der Waals surface area contributed by atoms with Gasteiger partial charge in [0.25, 0.3) is 5.91 Å². The van der Waals surface area contributed by atoms with Crippen molar-refractivity contribution in [2.45, 2.75) is 38.4 Å². The molecule has 5 heterocycles. The molecule has 3 aromatic rings. The van der Waals surface area contributed by atoms with E-state index in [1.165, 1.54) is 18.3 Å². The fraction of sp³-hybridized carbons (Fsp3) is 0.409. The van der Waals surface area contributed by atoms with Gasteiger partial charge < -0.3 is 24.8 Å². The molecule has 2 atom stereocenters. The Morgan fingerprint density at radius 2 is 2.00 bits per heavy atom. The lowest BCUT2D eigenvalue weighted by molar-refractivity contribution is -0.154. The van der Waals surface area contributed by atoms with E-state index < -0.39 is 18.8 Å². The van der Waals surface area contributed by atoms with Crippen LogP contribution in [0, 0.1) is 0 Å². The first-order valence-corrected chi connectivity index (χ1v) is 10.8. The number of nitrogens with zero attached hydrogens (tertiary/aromatic N) is 5. The summed E-state index contributed by atoms with van der Waals surface area (Å²) >= 11 is 0. The Morgan fingerprint density at radius 1 is 1.20 bits per heavy atom. The Kier molecular flexibility index (Phi) is 5.89. The molecule has 0 unspecified atom stereocenters. The monoisotopic (exact) mass is 490 g/mol. The number of amides is 1. The molecule has 2 N–H and O–H groups in total. The number of ether oxygens (including phenoxy) is 3. The van der Waals surface area contributed by atoms with Crippen LogP contribution in [0.2, 0.25) is 0 Å². The van der Waals surface area contributed by atoms with Crippen molar-refractivity contribution in [3.05, 3.63) is 46.9 Å². The molecule has 0 saturated carbocycles. The minimum atomic E-state index is -4.49. The third-order valence-electron chi connectivity index (χ3n) is 5.90. The third kappa shape index (κ3) is 4.56. The zero-order valence-electron chi connectivity index (χ0n) is 18.6. The van der Waals surface area contributed by atoms with Gasteiger partial charge in [-0.15, -0.1) is 10.2 Å². The number of aromatic nitrogens is 4. The van der Waals surface area contributed by atoms with E-state index in [0.717, 1.165) is 16.5 Å². The highest BCUT2D eigenvalue weighted by Gasteiger charge is 2.36. The number of pyridine rings is 2. The second kappa shape index (κ2) is 8.89. The molecule has 1 fully saturated rings.